The van der Waals surface area contributed by atoms with Gasteiger partial charge in [0, 0.05) is 6.54 Å². The number of hydrogen-bond donors (Lipinski definition) is 0. The first-order valence-electron chi connectivity index (χ1n) is 7.06. The average molecular weight is 293 g/mol. The van der Waals surface area contributed by atoms with E-state index >= 15 is 0 Å². The number of ether oxygens (including phenoxy) is 2. The lowest BCUT2D eigenvalue weighted by molar-refractivity contribution is -0.173. The van der Waals surface area contributed by atoms with Crippen LogP contribution in [0.1, 0.15) is 26.3 Å². The van der Waals surface area contributed by atoms with Crippen LogP contribution in [0.5, 0.6) is 0 Å². The largest absolute Gasteiger partial charge is 0.464 e. The summed E-state index contributed by atoms with van der Waals surface area (Å²) < 4.78 is 10.1. The Kier molecular flexibility index (Phi) is 6.37. The van der Waals surface area contributed by atoms with E-state index in [1.54, 1.807) is 25.8 Å². The Labute approximate surface area is 125 Å². The lowest BCUT2D eigenvalue weighted by Gasteiger charge is -2.34. The van der Waals surface area contributed by atoms with Gasteiger partial charge in [-0.2, -0.15) is 0 Å². The lowest BCUT2D eigenvalue weighted by atomic mass is 9.99. The number of rotatable bonds is 7. The third kappa shape index (κ3) is 4.04. The Morgan fingerprint density at radius 2 is 1.52 bits per heavy atom. The summed E-state index contributed by atoms with van der Waals surface area (Å²) in [5, 5.41) is 0. The van der Waals surface area contributed by atoms with Crippen LogP contribution in [0, 0.1) is 0 Å². The van der Waals surface area contributed by atoms with Crippen molar-refractivity contribution in [2.45, 2.75) is 32.9 Å². The number of esters is 2. The highest BCUT2D eigenvalue weighted by atomic mass is 16.6. The highest BCUT2D eigenvalue weighted by molar-refractivity contribution is 6.04. The van der Waals surface area contributed by atoms with Crippen molar-refractivity contribution in [3.05, 3.63) is 35.9 Å². The molecule has 0 fully saturated rings. The van der Waals surface area contributed by atoms with Gasteiger partial charge in [-0.1, -0.05) is 30.3 Å². The average Bonchev–Trinajstić information content (AvgIpc) is 2.47. The van der Waals surface area contributed by atoms with E-state index in [0.717, 1.165) is 5.56 Å². The highest BCUT2D eigenvalue weighted by Gasteiger charge is 2.48. The second-order valence-electron chi connectivity index (χ2n) is 4.85. The normalized spacial score (nSPS) is 11.3. The predicted molar refractivity (Wildman–Crippen MR) is 79.6 cm³/mol. The van der Waals surface area contributed by atoms with Crippen LogP contribution in [0.25, 0.3) is 0 Å². The highest BCUT2D eigenvalue weighted by Crippen LogP contribution is 2.20. The summed E-state index contributed by atoms with van der Waals surface area (Å²) in [5.41, 5.74) is -0.457. The summed E-state index contributed by atoms with van der Waals surface area (Å²) in [5.74, 6) is -1.19. The first-order valence-corrected chi connectivity index (χ1v) is 7.06. The van der Waals surface area contributed by atoms with E-state index in [9.17, 15) is 9.59 Å². The number of hydrogen-bond acceptors (Lipinski definition) is 5. The third-order valence-electron chi connectivity index (χ3n) is 3.37. The Morgan fingerprint density at radius 3 is 1.95 bits per heavy atom. The van der Waals surface area contributed by atoms with Gasteiger partial charge in [0.15, 0.2) is 0 Å². The van der Waals surface area contributed by atoms with Crippen LogP contribution in [0.2, 0.25) is 0 Å². The topological polar surface area (TPSA) is 55.8 Å². The maximum atomic E-state index is 12.2. The predicted octanol–water partition coefficient (Wildman–Crippen LogP) is 2.00. The van der Waals surface area contributed by atoms with E-state index < -0.39 is 17.5 Å². The van der Waals surface area contributed by atoms with Gasteiger partial charge in [-0.3, -0.25) is 4.90 Å². The minimum atomic E-state index is -1.46. The van der Waals surface area contributed by atoms with Gasteiger partial charge in [0.05, 0.1) is 13.2 Å². The van der Waals surface area contributed by atoms with Gasteiger partial charge in [0.2, 0.25) is 5.54 Å². The first-order chi connectivity index (χ1) is 9.96. The number of carbonyl (C=O) groups excluding carboxylic acids is 2. The van der Waals surface area contributed by atoms with Gasteiger partial charge in [-0.15, -0.1) is 0 Å². The molecule has 0 amide bonds. The smallest absolute Gasteiger partial charge is 0.338 e. The fraction of sp³-hybridized carbons (Fsp3) is 0.500. The molecule has 0 saturated heterocycles. The molecule has 21 heavy (non-hydrogen) atoms. The standard InChI is InChI=1S/C16H23NO4/c1-5-20-14(18)16(3,15(19)21-6-2)17(4)12-13-10-8-7-9-11-13/h7-11H,5-6,12H2,1-4H3. The molecule has 0 saturated carbocycles. The van der Waals surface area contributed by atoms with E-state index in [2.05, 4.69) is 0 Å². The second kappa shape index (κ2) is 7.78. The molecule has 0 bridgehead atoms. The Hall–Kier alpha value is -1.88. The molecule has 0 aliphatic heterocycles. The first kappa shape index (κ1) is 17.2. The molecular formula is C16H23NO4. The molecule has 5 heteroatoms. The van der Waals surface area contributed by atoms with Crippen molar-refractivity contribution < 1.29 is 19.1 Å². The molecular weight excluding hydrogens is 270 g/mol. The molecule has 0 radical (unpaired) electrons. The Balaban J connectivity index is 2.99. The van der Waals surface area contributed by atoms with Crippen molar-refractivity contribution in [3.63, 3.8) is 0 Å². The van der Waals surface area contributed by atoms with Crippen LogP contribution in [-0.2, 0) is 25.6 Å². The fourth-order valence-electron chi connectivity index (χ4n) is 1.95. The number of carbonyl (C=O) groups is 2. The molecule has 0 aliphatic rings. The summed E-state index contributed by atoms with van der Waals surface area (Å²) in [7, 11) is 1.71. The molecule has 1 rings (SSSR count). The van der Waals surface area contributed by atoms with Gasteiger partial charge >= 0.3 is 11.9 Å². The summed E-state index contributed by atoms with van der Waals surface area (Å²) in [6.45, 7) is 5.82. The van der Waals surface area contributed by atoms with Crippen LogP contribution >= 0.6 is 0 Å². The Bertz CT molecular complexity index is 454. The quantitative estimate of drug-likeness (QED) is 0.568. The van der Waals surface area contributed by atoms with E-state index in [1.165, 1.54) is 6.92 Å². The maximum absolute atomic E-state index is 12.2. The molecule has 116 valence electrons. The van der Waals surface area contributed by atoms with Crippen LogP contribution in [-0.4, -0.2) is 42.6 Å². The second-order valence-corrected chi connectivity index (χ2v) is 4.85. The van der Waals surface area contributed by atoms with Crippen LogP contribution in [0.3, 0.4) is 0 Å². The van der Waals surface area contributed by atoms with Gasteiger partial charge in [-0.25, -0.2) is 9.59 Å². The molecule has 5 nitrogen and oxygen atoms in total. The van der Waals surface area contributed by atoms with Crippen LogP contribution in [0.15, 0.2) is 30.3 Å². The number of benzene rings is 1. The number of likely N-dealkylation sites (N-methyl/N-ethyl adjacent to an activating group) is 1. The zero-order valence-electron chi connectivity index (χ0n) is 13.1. The van der Waals surface area contributed by atoms with E-state index in [0.29, 0.717) is 6.54 Å². The molecule has 0 heterocycles. The van der Waals surface area contributed by atoms with Crippen molar-refractivity contribution in [2.75, 3.05) is 20.3 Å². The summed E-state index contributed by atoms with van der Waals surface area (Å²) in [6, 6.07) is 9.62. The van der Waals surface area contributed by atoms with Gasteiger partial charge in [-0.05, 0) is 33.4 Å². The van der Waals surface area contributed by atoms with Crippen molar-refractivity contribution >= 4 is 11.9 Å². The monoisotopic (exact) mass is 293 g/mol. The summed E-state index contributed by atoms with van der Waals surface area (Å²) in [6.07, 6.45) is 0. The zero-order chi connectivity index (χ0) is 15.9. The van der Waals surface area contributed by atoms with Crippen molar-refractivity contribution in [2.24, 2.45) is 0 Å². The molecule has 1 aromatic rings. The van der Waals surface area contributed by atoms with E-state index in [-0.39, 0.29) is 13.2 Å². The minimum Gasteiger partial charge on any atom is -0.464 e. The van der Waals surface area contributed by atoms with Crippen LogP contribution in [0.4, 0.5) is 0 Å². The molecule has 0 unspecified atom stereocenters. The fourth-order valence-corrected chi connectivity index (χ4v) is 1.95. The molecule has 0 atom stereocenters. The summed E-state index contributed by atoms with van der Waals surface area (Å²) in [4.78, 5) is 26.1. The van der Waals surface area contributed by atoms with Gasteiger partial charge in [0.1, 0.15) is 0 Å². The minimum absolute atomic E-state index is 0.215. The van der Waals surface area contributed by atoms with Crippen LogP contribution < -0.4 is 0 Å². The van der Waals surface area contributed by atoms with Gasteiger partial charge < -0.3 is 9.47 Å². The van der Waals surface area contributed by atoms with E-state index in [4.69, 9.17) is 9.47 Å². The third-order valence-corrected chi connectivity index (χ3v) is 3.37. The zero-order valence-corrected chi connectivity index (χ0v) is 13.1. The number of nitrogens with zero attached hydrogens (tertiary/aromatic N) is 1. The molecule has 0 aliphatic carbocycles. The van der Waals surface area contributed by atoms with Gasteiger partial charge in [0.25, 0.3) is 0 Å². The molecule has 1 aromatic carbocycles. The molecule has 0 spiro atoms. The Morgan fingerprint density at radius 1 is 1.05 bits per heavy atom. The van der Waals surface area contributed by atoms with Crippen molar-refractivity contribution in [1.82, 2.24) is 4.90 Å². The maximum Gasteiger partial charge on any atom is 0.338 e. The SMILES string of the molecule is CCOC(=O)C(C)(C(=O)OCC)N(C)Cc1ccccc1. The molecule has 0 N–H and O–H groups in total. The van der Waals surface area contributed by atoms with Crippen molar-refractivity contribution in [3.8, 4) is 0 Å². The molecule has 0 aromatic heterocycles. The van der Waals surface area contributed by atoms with E-state index in [1.807, 2.05) is 30.3 Å². The summed E-state index contributed by atoms with van der Waals surface area (Å²) >= 11 is 0. The van der Waals surface area contributed by atoms with Crippen molar-refractivity contribution in [1.29, 1.82) is 0 Å². The lowest BCUT2D eigenvalue weighted by Crippen LogP contribution is -2.57.